The number of hydrazone groups is 1. The van der Waals surface area contributed by atoms with Crippen LogP contribution in [0.15, 0.2) is 40.1 Å². The molecule has 5 rings (SSSR count). The van der Waals surface area contributed by atoms with Gasteiger partial charge in [0.05, 0.1) is 29.3 Å². The van der Waals surface area contributed by atoms with Gasteiger partial charge in [0.1, 0.15) is 0 Å². The third-order valence-electron chi connectivity index (χ3n) is 6.15. The number of rotatable bonds is 6. The molecule has 0 N–H and O–H groups in total. The van der Waals surface area contributed by atoms with E-state index in [0.29, 0.717) is 12.6 Å². The number of amides is 1. The van der Waals surface area contributed by atoms with Crippen LogP contribution in [0.2, 0.25) is 0 Å². The summed E-state index contributed by atoms with van der Waals surface area (Å²) in [5.41, 5.74) is 1.03. The maximum absolute atomic E-state index is 13.2. The summed E-state index contributed by atoms with van der Waals surface area (Å²) in [6, 6.07) is 8.33. The van der Waals surface area contributed by atoms with Crippen LogP contribution in [0.4, 0.5) is 0 Å². The summed E-state index contributed by atoms with van der Waals surface area (Å²) < 4.78 is 5.77. The van der Waals surface area contributed by atoms with E-state index in [9.17, 15) is 4.79 Å². The maximum atomic E-state index is 13.2. The molecule has 2 unspecified atom stereocenters. The molecule has 5 heterocycles. The molecule has 2 fully saturated rings. The molecule has 2 aromatic rings. The number of hydrogen-bond acceptors (Lipinski definition) is 7. The van der Waals surface area contributed by atoms with Crippen molar-refractivity contribution in [1.29, 1.82) is 0 Å². The molecular weight excluding hydrogens is 416 g/mol. The highest BCUT2D eigenvalue weighted by atomic mass is 32.1. The topological polar surface area (TPSA) is 48.4 Å². The Kier molecular flexibility index (Phi) is 6.29. The van der Waals surface area contributed by atoms with Crippen LogP contribution in [-0.2, 0) is 9.53 Å². The van der Waals surface area contributed by atoms with Gasteiger partial charge in [-0.3, -0.25) is 14.6 Å². The van der Waals surface area contributed by atoms with E-state index in [2.05, 4.69) is 38.8 Å². The molecule has 8 heteroatoms. The molecule has 0 saturated carbocycles. The first-order chi connectivity index (χ1) is 14.8. The number of piperazine rings is 1. The third kappa shape index (κ3) is 4.53. The average molecular weight is 445 g/mol. The summed E-state index contributed by atoms with van der Waals surface area (Å²) >= 11 is 3.40. The SMILES string of the molecule is O=C(CN1CCN(CC2CCCO2)CC1)N1N=C(c2cccs2)CC1c1cccs1. The smallest absolute Gasteiger partial charge is 0.257 e. The predicted octanol–water partition coefficient (Wildman–Crippen LogP) is 3.28. The summed E-state index contributed by atoms with van der Waals surface area (Å²) in [7, 11) is 0. The number of thiophene rings is 2. The zero-order valence-corrected chi connectivity index (χ0v) is 18.7. The van der Waals surface area contributed by atoms with Crippen LogP contribution in [0.1, 0.15) is 35.1 Å². The molecule has 3 aliphatic rings. The van der Waals surface area contributed by atoms with Gasteiger partial charge in [0.15, 0.2) is 0 Å². The van der Waals surface area contributed by atoms with Crippen LogP contribution in [0.3, 0.4) is 0 Å². The van der Waals surface area contributed by atoms with Crippen molar-refractivity contribution < 1.29 is 9.53 Å². The molecule has 2 saturated heterocycles. The first kappa shape index (κ1) is 20.3. The Morgan fingerprint density at radius 1 is 1.10 bits per heavy atom. The molecule has 0 spiro atoms. The van der Waals surface area contributed by atoms with Crippen molar-refractivity contribution in [3.8, 4) is 0 Å². The minimum absolute atomic E-state index is 0.0235. The highest BCUT2D eigenvalue weighted by Crippen LogP contribution is 2.36. The first-order valence-electron chi connectivity index (χ1n) is 10.8. The molecule has 0 bridgehead atoms. The zero-order valence-electron chi connectivity index (χ0n) is 17.1. The molecule has 0 radical (unpaired) electrons. The lowest BCUT2D eigenvalue weighted by Gasteiger charge is -2.36. The van der Waals surface area contributed by atoms with Crippen molar-refractivity contribution in [3.05, 3.63) is 44.8 Å². The monoisotopic (exact) mass is 444 g/mol. The van der Waals surface area contributed by atoms with Gasteiger partial charge in [0.25, 0.3) is 5.91 Å². The molecule has 0 aliphatic carbocycles. The van der Waals surface area contributed by atoms with Crippen molar-refractivity contribution in [2.24, 2.45) is 5.10 Å². The van der Waals surface area contributed by atoms with Gasteiger partial charge in [-0.1, -0.05) is 12.1 Å². The standard InChI is InChI=1S/C22H28N4O2S2/c27-22(16-25-9-7-24(8-10-25)15-17-4-1-11-28-17)26-19(21-6-3-13-30-21)14-18(23-26)20-5-2-12-29-20/h2-3,5-6,12-13,17,19H,1,4,7-11,14-16H2. The second kappa shape index (κ2) is 9.28. The van der Waals surface area contributed by atoms with Gasteiger partial charge in [-0.15, -0.1) is 22.7 Å². The van der Waals surface area contributed by atoms with Crippen LogP contribution < -0.4 is 0 Å². The largest absolute Gasteiger partial charge is 0.377 e. The van der Waals surface area contributed by atoms with Crippen molar-refractivity contribution in [1.82, 2.24) is 14.8 Å². The summed E-state index contributed by atoms with van der Waals surface area (Å²) in [6.07, 6.45) is 3.57. The highest BCUT2D eigenvalue weighted by molar-refractivity contribution is 7.12. The zero-order chi connectivity index (χ0) is 20.3. The fourth-order valence-corrected chi connectivity index (χ4v) is 6.04. The second-order valence-electron chi connectivity index (χ2n) is 8.21. The number of carbonyl (C=O) groups is 1. The summed E-state index contributed by atoms with van der Waals surface area (Å²) in [6.45, 7) is 6.25. The molecule has 6 nitrogen and oxygen atoms in total. The Bertz CT molecular complexity index is 854. The first-order valence-corrected chi connectivity index (χ1v) is 12.6. The predicted molar refractivity (Wildman–Crippen MR) is 121 cm³/mol. The van der Waals surface area contributed by atoms with E-state index >= 15 is 0 Å². The van der Waals surface area contributed by atoms with E-state index < -0.39 is 0 Å². The molecular formula is C22H28N4O2S2. The van der Waals surface area contributed by atoms with Crippen molar-refractivity contribution >= 4 is 34.3 Å². The van der Waals surface area contributed by atoms with Crippen LogP contribution in [0.5, 0.6) is 0 Å². The van der Waals surface area contributed by atoms with Gasteiger partial charge < -0.3 is 4.74 Å². The van der Waals surface area contributed by atoms with E-state index in [4.69, 9.17) is 9.84 Å². The summed E-state index contributed by atoms with van der Waals surface area (Å²) in [5.74, 6) is 0.104. The Morgan fingerprint density at radius 3 is 2.60 bits per heavy atom. The van der Waals surface area contributed by atoms with E-state index in [1.54, 1.807) is 27.7 Å². The third-order valence-corrected chi connectivity index (χ3v) is 8.05. The minimum atomic E-state index is 0.0235. The Hall–Kier alpha value is -1.58. The van der Waals surface area contributed by atoms with E-state index in [0.717, 1.165) is 56.3 Å². The molecule has 1 amide bonds. The molecule has 160 valence electrons. The molecule has 30 heavy (non-hydrogen) atoms. The van der Waals surface area contributed by atoms with E-state index in [1.165, 1.54) is 17.7 Å². The van der Waals surface area contributed by atoms with E-state index in [1.807, 2.05) is 6.07 Å². The Labute approximate surface area is 185 Å². The minimum Gasteiger partial charge on any atom is -0.377 e. The van der Waals surface area contributed by atoms with Gasteiger partial charge in [0.2, 0.25) is 0 Å². The van der Waals surface area contributed by atoms with Crippen LogP contribution in [-0.4, -0.2) is 78.4 Å². The quantitative estimate of drug-likeness (QED) is 0.686. The van der Waals surface area contributed by atoms with Gasteiger partial charge in [-0.25, -0.2) is 5.01 Å². The average Bonchev–Trinajstić information content (AvgIpc) is 3.56. The molecule has 3 aliphatic heterocycles. The van der Waals surface area contributed by atoms with Crippen LogP contribution >= 0.6 is 22.7 Å². The Balaban J connectivity index is 1.20. The summed E-state index contributed by atoms with van der Waals surface area (Å²) in [4.78, 5) is 20.4. The molecule has 0 aromatic carbocycles. The molecule has 2 aromatic heterocycles. The lowest BCUT2D eigenvalue weighted by Crippen LogP contribution is -2.50. The van der Waals surface area contributed by atoms with Crippen molar-refractivity contribution in [2.45, 2.75) is 31.4 Å². The van der Waals surface area contributed by atoms with Gasteiger partial charge in [-0.05, 0) is 35.7 Å². The number of hydrogen-bond donors (Lipinski definition) is 0. The fourth-order valence-electron chi connectivity index (χ4n) is 4.50. The summed E-state index contributed by atoms with van der Waals surface area (Å²) in [5, 5.41) is 10.7. The Morgan fingerprint density at radius 2 is 1.90 bits per heavy atom. The maximum Gasteiger partial charge on any atom is 0.257 e. The van der Waals surface area contributed by atoms with Crippen LogP contribution in [0.25, 0.3) is 0 Å². The second-order valence-corrected chi connectivity index (χ2v) is 10.1. The highest BCUT2D eigenvalue weighted by Gasteiger charge is 2.35. The van der Waals surface area contributed by atoms with Crippen molar-refractivity contribution in [3.63, 3.8) is 0 Å². The molecule has 2 atom stereocenters. The van der Waals surface area contributed by atoms with Gasteiger partial charge in [0, 0.05) is 50.6 Å². The van der Waals surface area contributed by atoms with Gasteiger partial charge >= 0.3 is 0 Å². The lowest BCUT2D eigenvalue weighted by molar-refractivity contribution is -0.134. The fraction of sp³-hybridized carbons (Fsp3) is 0.545. The van der Waals surface area contributed by atoms with Crippen molar-refractivity contribution in [2.75, 3.05) is 45.9 Å². The number of nitrogens with zero attached hydrogens (tertiary/aromatic N) is 4. The van der Waals surface area contributed by atoms with Gasteiger partial charge in [-0.2, -0.15) is 5.10 Å². The van der Waals surface area contributed by atoms with E-state index in [-0.39, 0.29) is 11.9 Å². The number of ether oxygens (including phenoxy) is 1. The lowest BCUT2D eigenvalue weighted by atomic mass is 10.1. The normalized spacial score (nSPS) is 25.7. The number of carbonyl (C=O) groups excluding carboxylic acids is 1. The van der Waals surface area contributed by atoms with Crippen LogP contribution in [0, 0.1) is 0 Å².